The van der Waals surface area contributed by atoms with Crippen molar-refractivity contribution in [3.05, 3.63) is 16.0 Å². The molecule has 2 rings (SSSR count). The van der Waals surface area contributed by atoms with Gasteiger partial charge in [0.25, 0.3) is 5.91 Å². The van der Waals surface area contributed by atoms with Gasteiger partial charge in [0.2, 0.25) is 0 Å². The quantitative estimate of drug-likeness (QED) is 0.832. The number of anilines is 1. The third kappa shape index (κ3) is 2.73. The van der Waals surface area contributed by atoms with Crippen molar-refractivity contribution in [2.24, 2.45) is 0 Å². The normalized spacial score (nSPS) is 15.5. The van der Waals surface area contributed by atoms with Gasteiger partial charge in [0.15, 0.2) is 0 Å². The number of hydrogen-bond acceptors (Lipinski definition) is 5. The van der Waals surface area contributed by atoms with Crippen LogP contribution in [0.5, 0.6) is 0 Å². The first-order chi connectivity index (χ1) is 9.04. The number of ether oxygens (including phenoxy) is 1. The molecule has 1 aromatic rings. The summed E-state index contributed by atoms with van der Waals surface area (Å²) < 4.78 is 4.68. The molecule has 1 fully saturated rings. The van der Waals surface area contributed by atoms with Crippen molar-refractivity contribution in [2.45, 2.75) is 38.6 Å². The summed E-state index contributed by atoms with van der Waals surface area (Å²) in [6, 6.07) is 0.229. The molecule has 104 valence electrons. The lowest BCUT2D eigenvalue weighted by Crippen LogP contribution is -2.33. The molecule has 6 heteroatoms. The molecule has 0 bridgehead atoms. The van der Waals surface area contributed by atoms with Crippen molar-refractivity contribution < 1.29 is 14.3 Å². The van der Waals surface area contributed by atoms with E-state index in [4.69, 9.17) is 5.73 Å². The van der Waals surface area contributed by atoms with E-state index < -0.39 is 5.97 Å². The van der Waals surface area contributed by atoms with Gasteiger partial charge in [0, 0.05) is 6.04 Å². The summed E-state index contributed by atoms with van der Waals surface area (Å²) in [7, 11) is 1.32. The van der Waals surface area contributed by atoms with Crippen molar-refractivity contribution >= 4 is 28.2 Å². The van der Waals surface area contributed by atoms with Crippen LogP contribution in [0.25, 0.3) is 0 Å². The van der Waals surface area contributed by atoms with E-state index >= 15 is 0 Å². The molecule has 1 heterocycles. The highest BCUT2D eigenvalue weighted by atomic mass is 32.1. The summed E-state index contributed by atoms with van der Waals surface area (Å²) in [5.74, 6) is -0.637. The molecule has 3 N–H and O–H groups in total. The molecular weight excluding hydrogens is 264 g/mol. The molecule has 1 aromatic heterocycles. The van der Waals surface area contributed by atoms with Gasteiger partial charge >= 0.3 is 5.97 Å². The van der Waals surface area contributed by atoms with Crippen LogP contribution in [0.15, 0.2) is 0 Å². The van der Waals surface area contributed by atoms with E-state index in [1.54, 1.807) is 6.92 Å². The molecule has 1 saturated carbocycles. The predicted octanol–water partition coefficient (Wildman–Crippen LogP) is 2.10. The summed E-state index contributed by atoms with van der Waals surface area (Å²) in [5.41, 5.74) is 6.88. The van der Waals surface area contributed by atoms with E-state index in [0.29, 0.717) is 21.0 Å². The maximum atomic E-state index is 12.2. The van der Waals surface area contributed by atoms with E-state index in [0.717, 1.165) is 37.0 Å². The van der Waals surface area contributed by atoms with E-state index in [-0.39, 0.29) is 11.9 Å². The molecule has 0 radical (unpaired) electrons. The zero-order valence-corrected chi connectivity index (χ0v) is 11.9. The van der Waals surface area contributed by atoms with Gasteiger partial charge in [0.1, 0.15) is 4.88 Å². The third-order valence-corrected chi connectivity index (χ3v) is 4.56. The number of nitrogens with one attached hydrogen (secondary N) is 1. The molecule has 0 aromatic carbocycles. The molecule has 0 aliphatic heterocycles. The van der Waals surface area contributed by atoms with E-state index in [1.807, 2.05) is 0 Å². The highest BCUT2D eigenvalue weighted by molar-refractivity contribution is 7.18. The number of nitrogen functional groups attached to an aromatic ring is 1. The standard InChI is InChI=1S/C13H18N2O3S/c1-7-9(11(14)19-10(7)13(17)18-2)12(16)15-8-5-3-4-6-8/h8H,3-6,14H2,1-2H3,(H,15,16). The lowest BCUT2D eigenvalue weighted by atomic mass is 10.1. The predicted molar refractivity (Wildman–Crippen MR) is 74.5 cm³/mol. The van der Waals surface area contributed by atoms with Crippen LogP contribution < -0.4 is 11.1 Å². The monoisotopic (exact) mass is 282 g/mol. The number of hydrogen-bond donors (Lipinski definition) is 2. The molecular formula is C13H18N2O3S. The Balaban J connectivity index is 2.21. The molecule has 1 aliphatic carbocycles. The molecule has 1 amide bonds. The van der Waals surface area contributed by atoms with Crippen LogP contribution in [0.2, 0.25) is 0 Å². The SMILES string of the molecule is COC(=O)c1sc(N)c(C(=O)NC2CCCC2)c1C. The van der Waals surface area contributed by atoms with Crippen LogP contribution in [0.1, 0.15) is 51.3 Å². The number of nitrogens with two attached hydrogens (primary N) is 1. The summed E-state index contributed by atoms with van der Waals surface area (Å²) in [5, 5.41) is 3.35. The summed E-state index contributed by atoms with van der Waals surface area (Å²) >= 11 is 1.10. The number of rotatable bonds is 3. The van der Waals surface area contributed by atoms with Crippen molar-refractivity contribution in [2.75, 3.05) is 12.8 Å². The third-order valence-electron chi connectivity index (χ3n) is 3.46. The van der Waals surface area contributed by atoms with Gasteiger partial charge in [-0.1, -0.05) is 12.8 Å². The second kappa shape index (κ2) is 5.61. The van der Waals surface area contributed by atoms with Gasteiger partial charge < -0.3 is 15.8 Å². The van der Waals surface area contributed by atoms with Crippen LogP contribution in [0.3, 0.4) is 0 Å². The summed E-state index contributed by atoms with van der Waals surface area (Å²) in [6.07, 6.45) is 4.32. The first-order valence-electron chi connectivity index (χ1n) is 6.32. The number of thiophene rings is 1. The molecule has 0 unspecified atom stereocenters. The highest BCUT2D eigenvalue weighted by Crippen LogP contribution is 2.31. The van der Waals surface area contributed by atoms with Gasteiger partial charge in [-0.3, -0.25) is 4.79 Å². The molecule has 1 aliphatic rings. The van der Waals surface area contributed by atoms with Crippen LogP contribution in [0, 0.1) is 6.92 Å². The minimum absolute atomic E-state index is 0.187. The minimum atomic E-state index is -0.450. The Morgan fingerprint density at radius 3 is 2.58 bits per heavy atom. The maximum absolute atomic E-state index is 12.2. The summed E-state index contributed by atoms with van der Waals surface area (Å²) in [4.78, 5) is 24.2. The Labute approximate surface area is 116 Å². The fraction of sp³-hybridized carbons (Fsp3) is 0.538. The van der Waals surface area contributed by atoms with Gasteiger partial charge in [0.05, 0.1) is 17.7 Å². The van der Waals surface area contributed by atoms with Gasteiger partial charge in [-0.25, -0.2) is 4.79 Å². The zero-order valence-electron chi connectivity index (χ0n) is 11.1. The number of methoxy groups -OCH3 is 1. The van der Waals surface area contributed by atoms with Crippen LogP contribution >= 0.6 is 11.3 Å². The van der Waals surface area contributed by atoms with Crippen LogP contribution in [-0.4, -0.2) is 25.0 Å². The second-order valence-corrected chi connectivity index (χ2v) is 5.79. The highest BCUT2D eigenvalue weighted by Gasteiger charge is 2.26. The minimum Gasteiger partial charge on any atom is -0.465 e. The Morgan fingerprint density at radius 2 is 2.00 bits per heavy atom. The van der Waals surface area contributed by atoms with E-state index in [1.165, 1.54) is 7.11 Å². The van der Waals surface area contributed by atoms with Gasteiger partial charge in [-0.2, -0.15) is 0 Å². The molecule has 0 spiro atoms. The lowest BCUT2D eigenvalue weighted by molar-refractivity contribution is 0.0605. The smallest absolute Gasteiger partial charge is 0.348 e. The maximum Gasteiger partial charge on any atom is 0.348 e. The van der Waals surface area contributed by atoms with Crippen molar-refractivity contribution in [3.63, 3.8) is 0 Å². The molecule has 0 saturated heterocycles. The van der Waals surface area contributed by atoms with Gasteiger partial charge in [-0.15, -0.1) is 11.3 Å². The summed E-state index contributed by atoms with van der Waals surface area (Å²) in [6.45, 7) is 1.72. The number of amides is 1. The first kappa shape index (κ1) is 13.9. The van der Waals surface area contributed by atoms with Crippen LogP contribution in [0.4, 0.5) is 5.00 Å². The Morgan fingerprint density at radius 1 is 1.37 bits per heavy atom. The lowest BCUT2D eigenvalue weighted by Gasteiger charge is -2.12. The topological polar surface area (TPSA) is 81.4 Å². The average molecular weight is 282 g/mol. The van der Waals surface area contributed by atoms with Crippen molar-refractivity contribution in [1.82, 2.24) is 5.32 Å². The Bertz CT molecular complexity index is 504. The van der Waals surface area contributed by atoms with E-state index in [2.05, 4.69) is 10.1 Å². The van der Waals surface area contributed by atoms with Crippen LogP contribution in [-0.2, 0) is 4.74 Å². The zero-order chi connectivity index (χ0) is 14.0. The number of carbonyl (C=O) groups excluding carboxylic acids is 2. The average Bonchev–Trinajstić information content (AvgIpc) is 2.96. The fourth-order valence-corrected chi connectivity index (χ4v) is 3.42. The molecule has 0 atom stereocenters. The second-order valence-electron chi connectivity index (χ2n) is 4.74. The number of esters is 1. The van der Waals surface area contributed by atoms with Crippen molar-refractivity contribution in [3.8, 4) is 0 Å². The van der Waals surface area contributed by atoms with E-state index in [9.17, 15) is 9.59 Å². The Kier molecular flexibility index (Phi) is 4.09. The van der Waals surface area contributed by atoms with Crippen molar-refractivity contribution in [1.29, 1.82) is 0 Å². The fourth-order valence-electron chi connectivity index (χ4n) is 2.43. The molecule has 19 heavy (non-hydrogen) atoms. The Hall–Kier alpha value is -1.56. The largest absolute Gasteiger partial charge is 0.465 e. The van der Waals surface area contributed by atoms with Gasteiger partial charge in [-0.05, 0) is 25.3 Å². The first-order valence-corrected chi connectivity index (χ1v) is 7.14. The number of carbonyl (C=O) groups is 2. The molecule has 5 nitrogen and oxygen atoms in total.